The summed E-state index contributed by atoms with van der Waals surface area (Å²) >= 11 is 0. The maximum absolute atomic E-state index is 12.4. The third kappa shape index (κ3) is 4.94. The fourth-order valence-corrected chi connectivity index (χ4v) is 2.62. The quantitative estimate of drug-likeness (QED) is 0.848. The van der Waals surface area contributed by atoms with Gasteiger partial charge in [0.15, 0.2) is 0 Å². The van der Waals surface area contributed by atoms with Crippen LogP contribution >= 0.6 is 0 Å². The summed E-state index contributed by atoms with van der Waals surface area (Å²) in [6.45, 7) is 1.78. The van der Waals surface area contributed by atoms with E-state index in [1.165, 1.54) is 6.07 Å². The molecule has 1 fully saturated rings. The van der Waals surface area contributed by atoms with E-state index < -0.39 is 6.61 Å². The summed E-state index contributed by atoms with van der Waals surface area (Å²) < 4.78 is 29.1. The summed E-state index contributed by atoms with van der Waals surface area (Å²) in [6, 6.07) is 6.39. The Morgan fingerprint density at radius 3 is 2.73 bits per heavy atom. The molecule has 0 atom stereocenters. The second kappa shape index (κ2) is 7.54. The highest BCUT2D eigenvalue weighted by Crippen LogP contribution is 2.27. The van der Waals surface area contributed by atoms with Crippen LogP contribution in [0, 0.1) is 5.41 Å². The minimum absolute atomic E-state index is 0.0389. The predicted octanol–water partition coefficient (Wildman–Crippen LogP) is 2.34. The van der Waals surface area contributed by atoms with Gasteiger partial charge in [-0.15, -0.1) is 0 Å². The number of benzene rings is 1. The van der Waals surface area contributed by atoms with Crippen LogP contribution < -0.4 is 15.4 Å². The van der Waals surface area contributed by atoms with Gasteiger partial charge in [-0.1, -0.05) is 25.1 Å². The smallest absolute Gasteiger partial charge is 0.387 e. The first-order valence-corrected chi connectivity index (χ1v) is 7.49. The van der Waals surface area contributed by atoms with Crippen molar-refractivity contribution in [2.75, 3.05) is 19.6 Å². The van der Waals surface area contributed by atoms with Gasteiger partial charge in [0.05, 0.1) is 6.42 Å². The van der Waals surface area contributed by atoms with E-state index >= 15 is 0 Å². The van der Waals surface area contributed by atoms with Crippen molar-refractivity contribution in [3.63, 3.8) is 0 Å². The molecule has 1 saturated heterocycles. The third-order valence-corrected chi connectivity index (χ3v) is 4.06. The second-order valence-electron chi connectivity index (χ2n) is 6.00. The molecular weight excluding hydrogens is 290 g/mol. The topological polar surface area (TPSA) is 50.4 Å². The molecule has 2 rings (SSSR count). The van der Waals surface area contributed by atoms with E-state index in [0.717, 1.165) is 25.9 Å². The van der Waals surface area contributed by atoms with Gasteiger partial charge in [-0.05, 0) is 37.4 Å². The molecule has 0 radical (unpaired) electrons. The normalized spacial score (nSPS) is 17.3. The van der Waals surface area contributed by atoms with Gasteiger partial charge in [-0.3, -0.25) is 4.79 Å². The number of ether oxygens (including phenoxy) is 1. The number of piperidine rings is 1. The van der Waals surface area contributed by atoms with E-state index in [4.69, 9.17) is 0 Å². The Morgan fingerprint density at radius 1 is 1.36 bits per heavy atom. The molecule has 1 aliphatic rings. The first-order valence-electron chi connectivity index (χ1n) is 7.49. The molecule has 22 heavy (non-hydrogen) atoms. The summed E-state index contributed by atoms with van der Waals surface area (Å²) in [5.41, 5.74) is 0.565. The molecule has 0 spiro atoms. The number of nitrogens with one attached hydrogen (secondary N) is 2. The lowest BCUT2D eigenvalue weighted by atomic mass is 9.81. The Balaban J connectivity index is 1.89. The minimum atomic E-state index is -2.89. The largest absolute Gasteiger partial charge is 0.435 e. The molecular formula is C16H22F2N2O2. The Labute approximate surface area is 129 Å². The van der Waals surface area contributed by atoms with E-state index in [1.807, 2.05) is 0 Å². The number of hydrogen-bond donors (Lipinski definition) is 2. The van der Waals surface area contributed by atoms with E-state index in [1.54, 1.807) is 18.2 Å². The first kappa shape index (κ1) is 16.7. The average molecular weight is 312 g/mol. The molecule has 1 heterocycles. The fraction of sp³-hybridized carbons (Fsp3) is 0.562. The molecule has 0 saturated carbocycles. The first-order chi connectivity index (χ1) is 10.5. The molecule has 6 heteroatoms. The number of carbonyl (C=O) groups excluding carboxylic acids is 1. The molecule has 1 aromatic rings. The zero-order chi connectivity index (χ0) is 16.0. The number of hydrogen-bond acceptors (Lipinski definition) is 3. The standard InChI is InChI=1S/C16H22F2N2O2/c1-16(6-8-19-9-7-16)11-20-14(21)10-12-4-2-3-5-13(12)22-15(17)18/h2-5,15,19H,6-11H2,1H3,(H,20,21). The molecule has 0 bridgehead atoms. The molecule has 0 aromatic heterocycles. The van der Waals surface area contributed by atoms with E-state index in [2.05, 4.69) is 22.3 Å². The number of rotatable bonds is 6. The van der Waals surface area contributed by atoms with Crippen LogP contribution in [0.1, 0.15) is 25.3 Å². The molecule has 1 aromatic carbocycles. The van der Waals surface area contributed by atoms with E-state index in [0.29, 0.717) is 12.1 Å². The number of alkyl halides is 2. The number of halogens is 2. The molecule has 122 valence electrons. The number of para-hydroxylation sites is 1. The molecule has 1 aliphatic heterocycles. The van der Waals surface area contributed by atoms with Crippen LogP contribution in [0.5, 0.6) is 5.75 Å². The van der Waals surface area contributed by atoms with E-state index in [9.17, 15) is 13.6 Å². The Morgan fingerprint density at radius 2 is 2.05 bits per heavy atom. The van der Waals surface area contributed by atoms with Crippen molar-refractivity contribution < 1.29 is 18.3 Å². The minimum Gasteiger partial charge on any atom is -0.435 e. The van der Waals surface area contributed by atoms with Gasteiger partial charge < -0.3 is 15.4 Å². The molecule has 2 N–H and O–H groups in total. The monoisotopic (exact) mass is 312 g/mol. The third-order valence-electron chi connectivity index (χ3n) is 4.06. The van der Waals surface area contributed by atoms with Gasteiger partial charge in [0.2, 0.25) is 5.91 Å². The highest BCUT2D eigenvalue weighted by atomic mass is 19.3. The summed E-state index contributed by atoms with van der Waals surface area (Å²) in [4.78, 5) is 12.1. The highest BCUT2D eigenvalue weighted by Gasteiger charge is 2.27. The van der Waals surface area contributed by atoms with Crippen LogP contribution in [0.15, 0.2) is 24.3 Å². The highest BCUT2D eigenvalue weighted by molar-refractivity contribution is 5.79. The van der Waals surface area contributed by atoms with Gasteiger partial charge in [0, 0.05) is 12.1 Å². The summed E-state index contributed by atoms with van der Waals surface area (Å²) in [5.74, 6) is -0.120. The zero-order valence-corrected chi connectivity index (χ0v) is 12.7. The Bertz CT molecular complexity index is 503. The van der Waals surface area contributed by atoms with Crippen molar-refractivity contribution in [1.29, 1.82) is 0 Å². The maximum atomic E-state index is 12.4. The summed E-state index contributed by atoms with van der Waals surface area (Å²) in [5, 5.41) is 6.20. The van der Waals surface area contributed by atoms with Gasteiger partial charge in [-0.25, -0.2) is 0 Å². The maximum Gasteiger partial charge on any atom is 0.387 e. The van der Waals surface area contributed by atoms with Crippen molar-refractivity contribution >= 4 is 5.91 Å². The SMILES string of the molecule is CC1(CNC(=O)Cc2ccccc2OC(F)F)CCNCC1. The van der Waals surface area contributed by atoms with Gasteiger partial charge >= 0.3 is 6.61 Å². The van der Waals surface area contributed by atoms with Crippen molar-refractivity contribution in [3.05, 3.63) is 29.8 Å². The summed E-state index contributed by atoms with van der Waals surface area (Å²) in [7, 11) is 0. The zero-order valence-electron chi connectivity index (χ0n) is 12.7. The van der Waals surface area contributed by atoms with E-state index in [-0.39, 0.29) is 23.5 Å². The fourth-order valence-electron chi connectivity index (χ4n) is 2.62. The summed E-state index contributed by atoms with van der Waals surface area (Å²) in [6.07, 6.45) is 2.06. The van der Waals surface area contributed by atoms with Gasteiger partial charge in [-0.2, -0.15) is 8.78 Å². The van der Waals surface area contributed by atoms with Gasteiger partial charge in [0.25, 0.3) is 0 Å². The van der Waals surface area contributed by atoms with Crippen molar-refractivity contribution in [2.24, 2.45) is 5.41 Å². The lowest BCUT2D eigenvalue weighted by molar-refractivity contribution is -0.121. The van der Waals surface area contributed by atoms with Crippen LogP contribution in [-0.4, -0.2) is 32.2 Å². The van der Waals surface area contributed by atoms with Crippen molar-refractivity contribution in [2.45, 2.75) is 32.8 Å². The average Bonchev–Trinajstić information content (AvgIpc) is 2.48. The number of amides is 1. The predicted molar refractivity (Wildman–Crippen MR) is 80.0 cm³/mol. The molecule has 4 nitrogen and oxygen atoms in total. The molecule has 0 unspecified atom stereocenters. The van der Waals surface area contributed by atoms with Crippen LogP contribution in [0.2, 0.25) is 0 Å². The van der Waals surface area contributed by atoms with Gasteiger partial charge in [0.1, 0.15) is 5.75 Å². The van der Waals surface area contributed by atoms with Crippen molar-refractivity contribution in [1.82, 2.24) is 10.6 Å². The number of carbonyl (C=O) groups is 1. The Hall–Kier alpha value is -1.69. The Kier molecular flexibility index (Phi) is 5.71. The van der Waals surface area contributed by atoms with Crippen LogP contribution in [0.4, 0.5) is 8.78 Å². The molecule has 1 amide bonds. The lowest BCUT2D eigenvalue weighted by Gasteiger charge is -2.34. The van der Waals surface area contributed by atoms with Crippen molar-refractivity contribution in [3.8, 4) is 5.75 Å². The molecule has 0 aliphatic carbocycles. The lowest BCUT2D eigenvalue weighted by Crippen LogP contribution is -2.43. The van der Waals surface area contributed by atoms with Crippen LogP contribution in [0.25, 0.3) is 0 Å². The second-order valence-corrected chi connectivity index (χ2v) is 6.00. The van der Waals surface area contributed by atoms with Crippen LogP contribution in [-0.2, 0) is 11.2 Å². The van der Waals surface area contributed by atoms with Crippen LogP contribution in [0.3, 0.4) is 0 Å².